The number of hydrogen-bond acceptors (Lipinski definition) is 6. The van der Waals surface area contributed by atoms with E-state index in [4.69, 9.17) is 14.8 Å². The number of benzene rings is 1. The average molecular weight is 456 g/mol. The van der Waals surface area contributed by atoms with Crippen LogP contribution in [-0.2, 0) is 0 Å². The van der Waals surface area contributed by atoms with E-state index in [-0.39, 0.29) is 31.4 Å². The van der Waals surface area contributed by atoms with Crippen LogP contribution in [0.15, 0.2) is 41.8 Å². The Morgan fingerprint density at radius 1 is 1.07 bits per heavy atom. The summed E-state index contributed by atoms with van der Waals surface area (Å²) in [6, 6.07) is 12.3. The monoisotopic (exact) mass is 455 g/mol. The molecule has 0 unspecified atom stereocenters. The van der Waals surface area contributed by atoms with Crippen molar-refractivity contribution in [2.75, 3.05) is 50.8 Å². The first-order chi connectivity index (χ1) is 13.3. The minimum absolute atomic E-state index is 0. The summed E-state index contributed by atoms with van der Waals surface area (Å²) in [5, 5.41) is 12.3. The van der Waals surface area contributed by atoms with Crippen molar-refractivity contribution in [2.24, 2.45) is 0 Å². The van der Waals surface area contributed by atoms with Gasteiger partial charge in [0, 0.05) is 41.8 Å². The number of nitrogens with zero attached hydrogens (tertiary/aromatic N) is 3. The van der Waals surface area contributed by atoms with Gasteiger partial charge in [-0.05, 0) is 48.3 Å². The number of aliphatic hydroxyl groups is 1. The zero-order valence-corrected chi connectivity index (χ0v) is 18.9. The maximum atomic E-state index is 8.89. The molecule has 1 saturated heterocycles. The minimum atomic E-state index is 0. The van der Waals surface area contributed by atoms with Crippen molar-refractivity contribution in [3.8, 4) is 17.0 Å². The number of thiophene rings is 1. The highest BCUT2D eigenvalue weighted by atomic mass is 35.5. The summed E-state index contributed by atoms with van der Waals surface area (Å²) in [6.45, 7) is 7.88. The molecule has 158 valence electrons. The number of likely N-dealkylation sites (N-methyl/N-ethyl adjacent to an activating group) is 1. The number of halogens is 2. The molecule has 3 heterocycles. The molecule has 5 nitrogen and oxygen atoms in total. The lowest BCUT2D eigenvalue weighted by Gasteiger charge is -2.35. The Morgan fingerprint density at radius 2 is 1.79 bits per heavy atom. The van der Waals surface area contributed by atoms with Crippen LogP contribution in [0.5, 0.6) is 5.75 Å². The van der Waals surface area contributed by atoms with Crippen LogP contribution in [0.2, 0.25) is 0 Å². The zero-order chi connectivity index (χ0) is 18.6. The summed E-state index contributed by atoms with van der Waals surface area (Å²) in [5.74, 6) is 1.86. The van der Waals surface area contributed by atoms with Crippen LogP contribution in [0.3, 0.4) is 0 Å². The van der Waals surface area contributed by atoms with E-state index in [2.05, 4.69) is 34.2 Å². The Bertz CT molecular complexity index is 897. The normalized spacial score (nSPS) is 14.3. The van der Waals surface area contributed by atoms with Gasteiger partial charge in [0.15, 0.2) is 0 Å². The highest BCUT2D eigenvalue weighted by Crippen LogP contribution is 2.34. The average Bonchev–Trinajstić information content (AvgIpc) is 3.21. The van der Waals surface area contributed by atoms with Gasteiger partial charge in [-0.15, -0.1) is 36.2 Å². The van der Waals surface area contributed by atoms with E-state index < -0.39 is 0 Å². The van der Waals surface area contributed by atoms with Gasteiger partial charge in [-0.3, -0.25) is 0 Å². The van der Waals surface area contributed by atoms with E-state index >= 15 is 0 Å². The third-order valence-corrected chi connectivity index (χ3v) is 5.92. The zero-order valence-electron chi connectivity index (χ0n) is 16.4. The van der Waals surface area contributed by atoms with Crippen molar-refractivity contribution in [1.29, 1.82) is 0 Å². The summed E-state index contributed by atoms with van der Waals surface area (Å²) in [7, 11) is 0. The minimum Gasteiger partial charge on any atom is -0.491 e. The van der Waals surface area contributed by atoms with Gasteiger partial charge in [0.25, 0.3) is 0 Å². The Hall–Kier alpha value is -1.57. The predicted octanol–water partition coefficient (Wildman–Crippen LogP) is 4.32. The van der Waals surface area contributed by atoms with E-state index in [0.29, 0.717) is 6.61 Å². The van der Waals surface area contributed by atoms with Crippen LogP contribution >= 0.6 is 36.2 Å². The summed E-state index contributed by atoms with van der Waals surface area (Å²) in [5.41, 5.74) is 2.07. The molecule has 0 amide bonds. The van der Waals surface area contributed by atoms with Gasteiger partial charge in [0.1, 0.15) is 18.2 Å². The summed E-state index contributed by atoms with van der Waals surface area (Å²) >= 11 is 1.76. The second-order valence-corrected chi connectivity index (χ2v) is 7.63. The molecule has 3 aromatic rings. The molecule has 0 aliphatic carbocycles. The van der Waals surface area contributed by atoms with E-state index in [1.54, 1.807) is 11.3 Å². The van der Waals surface area contributed by atoms with Gasteiger partial charge in [-0.1, -0.05) is 6.92 Å². The van der Waals surface area contributed by atoms with Crippen LogP contribution < -0.4 is 9.64 Å². The topological polar surface area (TPSA) is 48.8 Å². The molecule has 29 heavy (non-hydrogen) atoms. The summed E-state index contributed by atoms with van der Waals surface area (Å²) < 4.78 is 6.73. The fourth-order valence-corrected chi connectivity index (χ4v) is 4.32. The van der Waals surface area contributed by atoms with Crippen LogP contribution in [0.25, 0.3) is 21.3 Å². The molecule has 0 spiro atoms. The molecule has 0 saturated carbocycles. The molecule has 0 bridgehead atoms. The Kier molecular flexibility index (Phi) is 8.99. The fourth-order valence-electron chi connectivity index (χ4n) is 3.50. The van der Waals surface area contributed by atoms with Crippen molar-refractivity contribution < 1.29 is 9.84 Å². The molecule has 0 atom stereocenters. The number of aromatic nitrogens is 1. The first kappa shape index (κ1) is 23.7. The lowest BCUT2D eigenvalue weighted by Crippen LogP contribution is -2.46. The number of ether oxygens (including phenoxy) is 1. The highest BCUT2D eigenvalue weighted by molar-refractivity contribution is 7.17. The molecule has 4 rings (SSSR count). The van der Waals surface area contributed by atoms with E-state index in [1.807, 2.05) is 24.3 Å². The van der Waals surface area contributed by atoms with Gasteiger partial charge in [0.05, 0.1) is 12.3 Å². The Labute approximate surface area is 188 Å². The van der Waals surface area contributed by atoms with Crippen molar-refractivity contribution in [3.05, 3.63) is 41.8 Å². The fraction of sp³-hybridized carbons (Fsp3) is 0.381. The number of pyridine rings is 1. The Balaban J connectivity index is 0.00000150. The molecule has 2 aromatic heterocycles. The molecular weight excluding hydrogens is 429 g/mol. The van der Waals surface area contributed by atoms with Gasteiger partial charge < -0.3 is 19.6 Å². The Morgan fingerprint density at radius 3 is 2.45 bits per heavy atom. The maximum absolute atomic E-state index is 8.89. The van der Waals surface area contributed by atoms with E-state index in [9.17, 15) is 0 Å². The summed E-state index contributed by atoms with van der Waals surface area (Å²) in [6.07, 6.45) is 0. The number of aliphatic hydroxyl groups excluding tert-OH is 1. The number of anilines is 1. The van der Waals surface area contributed by atoms with E-state index in [0.717, 1.165) is 55.5 Å². The number of fused-ring (bicyclic) bond motifs is 1. The molecule has 1 aromatic carbocycles. The van der Waals surface area contributed by atoms with E-state index in [1.165, 1.54) is 10.1 Å². The molecular formula is C21H27Cl2N3O2S. The van der Waals surface area contributed by atoms with Gasteiger partial charge in [-0.2, -0.15) is 0 Å². The second kappa shape index (κ2) is 11.0. The molecule has 1 aliphatic rings. The lowest BCUT2D eigenvalue weighted by atomic mass is 10.1. The van der Waals surface area contributed by atoms with Gasteiger partial charge >= 0.3 is 0 Å². The molecule has 8 heteroatoms. The first-order valence-corrected chi connectivity index (χ1v) is 10.4. The molecule has 1 N–H and O–H groups in total. The van der Waals surface area contributed by atoms with Crippen LogP contribution in [0.4, 0.5) is 5.82 Å². The number of hydrogen-bond donors (Lipinski definition) is 1. The van der Waals surface area contributed by atoms with Crippen molar-refractivity contribution >= 4 is 52.1 Å². The smallest absolute Gasteiger partial charge is 0.138 e. The number of rotatable bonds is 6. The SMILES string of the molecule is CCN1CCN(c2nc(-c3ccc(OCCO)cc3)cc3sccc23)CC1.Cl.Cl. The molecule has 1 fully saturated rings. The molecule has 1 aliphatic heterocycles. The van der Waals surface area contributed by atoms with Gasteiger partial charge in [0.2, 0.25) is 0 Å². The van der Waals surface area contributed by atoms with Crippen LogP contribution in [0, 0.1) is 0 Å². The largest absolute Gasteiger partial charge is 0.491 e. The third-order valence-electron chi connectivity index (χ3n) is 5.06. The lowest BCUT2D eigenvalue weighted by molar-refractivity contribution is 0.201. The van der Waals surface area contributed by atoms with Crippen molar-refractivity contribution in [1.82, 2.24) is 9.88 Å². The standard InChI is InChI=1S/C21H25N3O2S.2ClH/c1-2-23-8-10-24(11-9-23)21-18-7-14-27-20(18)15-19(22-21)16-3-5-17(6-4-16)26-13-12-25;;/h3-7,14-15,25H,2,8-13H2,1H3;2*1H. The third kappa shape index (κ3) is 5.32. The predicted molar refractivity (Wildman–Crippen MR) is 126 cm³/mol. The quantitative estimate of drug-likeness (QED) is 0.599. The molecule has 0 radical (unpaired) electrons. The van der Waals surface area contributed by atoms with Crippen LogP contribution in [-0.4, -0.2) is 60.9 Å². The van der Waals surface area contributed by atoms with Crippen molar-refractivity contribution in [3.63, 3.8) is 0 Å². The van der Waals surface area contributed by atoms with Gasteiger partial charge in [-0.25, -0.2) is 4.98 Å². The second-order valence-electron chi connectivity index (χ2n) is 6.68. The van der Waals surface area contributed by atoms with Crippen molar-refractivity contribution in [2.45, 2.75) is 6.92 Å². The highest BCUT2D eigenvalue weighted by Gasteiger charge is 2.20. The van der Waals surface area contributed by atoms with Crippen LogP contribution in [0.1, 0.15) is 6.92 Å². The number of piperazine rings is 1. The maximum Gasteiger partial charge on any atom is 0.138 e. The first-order valence-electron chi connectivity index (χ1n) is 9.48. The summed E-state index contributed by atoms with van der Waals surface area (Å²) in [4.78, 5) is 9.95.